The second-order valence-electron chi connectivity index (χ2n) is 31.4. The predicted octanol–water partition coefficient (Wildman–Crippen LogP) is 28.8. The molecule has 5 unspecified atom stereocenters. The highest BCUT2D eigenvalue weighted by molar-refractivity contribution is 7.47. The molecule has 0 aromatic carbocycles. The number of unbranched alkanes of at least 4 members (excludes halogenated alkanes) is 46. The molecule has 0 saturated carbocycles. The summed E-state index contributed by atoms with van der Waals surface area (Å²) in [4.78, 5) is 58.8. The maximum atomic E-state index is 13.0. The molecule has 0 aliphatic heterocycles. The third kappa shape index (κ3) is 90.6. The highest BCUT2D eigenvalue weighted by Crippen LogP contribution is 2.45. The lowest BCUT2D eigenvalue weighted by Gasteiger charge is -2.21. The fourth-order valence-corrected chi connectivity index (χ4v) is 14.7. The Bertz CT molecular complexity index is 2570. The van der Waals surface area contributed by atoms with Crippen LogP contribution in [0.15, 0.2) is 122 Å². The van der Waals surface area contributed by atoms with E-state index in [0.717, 1.165) is 128 Å². The number of allylic oxidation sites excluding steroid dienone is 20. The van der Waals surface area contributed by atoms with Gasteiger partial charge in [0, 0.05) is 19.3 Å². The lowest BCUT2D eigenvalue weighted by atomic mass is 10.0. The summed E-state index contributed by atoms with van der Waals surface area (Å²) in [6.07, 6.45) is 110. The number of ether oxygens (including phenoxy) is 3. The van der Waals surface area contributed by atoms with Gasteiger partial charge in [0.15, 0.2) is 6.10 Å². The number of phosphoric acid groups is 2. The van der Waals surface area contributed by atoms with Crippen LogP contribution in [0.2, 0.25) is 0 Å². The zero-order valence-electron chi connectivity index (χ0n) is 73.4. The van der Waals surface area contributed by atoms with Crippen LogP contribution in [0.4, 0.5) is 0 Å². The molecule has 0 fully saturated rings. The predicted molar refractivity (Wildman–Crippen MR) is 482 cm³/mol. The van der Waals surface area contributed by atoms with Crippen LogP contribution < -0.4 is 0 Å². The van der Waals surface area contributed by atoms with E-state index in [1.807, 2.05) is 0 Å². The summed E-state index contributed by atoms with van der Waals surface area (Å²) < 4.78 is 61.3. The smallest absolute Gasteiger partial charge is 0.463 e. The molecular formula is C97H172O16P2. The molecule has 18 heteroatoms. The molecule has 0 aromatic heterocycles. The molecular weight excluding hydrogens is 1480 g/mol. The molecule has 0 saturated heterocycles. The second kappa shape index (κ2) is 89.2. The minimum Gasteiger partial charge on any atom is -0.463 e. The summed E-state index contributed by atoms with van der Waals surface area (Å²) in [5, 5.41) is 20.7. The Hall–Kier alpha value is -4.05. The van der Waals surface area contributed by atoms with Crippen molar-refractivity contribution in [3.05, 3.63) is 122 Å². The number of aliphatic hydroxyl groups excluding tert-OH is 2. The largest absolute Gasteiger partial charge is 0.472 e. The zero-order chi connectivity index (χ0) is 83.6. The van der Waals surface area contributed by atoms with Gasteiger partial charge in [-0.25, -0.2) is 9.13 Å². The Morgan fingerprint density at radius 3 is 0.748 bits per heavy atom. The van der Waals surface area contributed by atoms with Crippen LogP contribution in [-0.2, 0) is 55.8 Å². The van der Waals surface area contributed by atoms with Gasteiger partial charge in [0.1, 0.15) is 25.4 Å². The van der Waals surface area contributed by atoms with Crippen molar-refractivity contribution in [2.75, 3.05) is 39.6 Å². The lowest BCUT2D eigenvalue weighted by Crippen LogP contribution is -2.30. The van der Waals surface area contributed by atoms with Gasteiger partial charge in [-0.3, -0.25) is 32.5 Å². The standard InChI is InChI=1S/C97H172O16P2/c1-4-7-10-13-16-19-22-24-26-28-30-32-34-36-38-40-42-44-45-47-49-50-52-54-56-58-60-62-64-66-69-71-74-77-80-83-95(100)107-86-92(98)87-109-114(103,104)110-88-93(99)89-111-115(105,106)112-91-94(113-97(102)85-82-79-76-73-68-21-18-15-12-9-6-3)90-108-96(101)84-81-78-75-72-70-67-65-63-61-59-57-55-53-51-48-46-43-41-39-37-35-33-31-29-27-25-23-20-17-14-11-8-5-2/h8,11,16-17,19-20,24-27,30-33,36-39,43,46,92-94,98-99H,4-7,9-10,12-15,18,21-23,28-29,34-35,40-42,44-45,47-91H2,1-3H3,(H,103,104)(H,105,106)/b11-8-,19-16-,20-17-,26-24-,27-25-,32-30-,33-31-,38-36-,39-37-,46-43-. The zero-order valence-corrected chi connectivity index (χ0v) is 75.2. The summed E-state index contributed by atoms with van der Waals surface area (Å²) in [6, 6.07) is 0. The van der Waals surface area contributed by atoms with E-state index in [1.54, 1.807) is 0 Å². The van der Waals surface area contributed by atoms with E-state index < -0.39 is 91.5 Å². The van der Waals surface area contributed by atoms with Crippen LogP contribution in [0.25, 0.3) is 0 Å². The number of carbonyl (C=O) groups is 3. The highest BCUT2D eigenvalue weighted by atomic mass is 31.2. The number of hydrogen-bond donors (Lipinski definition) is 4. The first kappa shape index (κ1) is 111. The minimum atomic E-state index is -4.93. The second-order valence-corrected chi connectivity index (χ2v) is 34.3. The van der Waals surface area contributed by atoms with Crippen LogP contribution >= 0.6 is 15.6 Å². The van der Waals surface area contributed by atoms with Crippen molar-refractivity contribution in [1.82, 2.24) is 0 Å². The van der Waals surface area contributed by atoms with Gasteiger partial charge >= 0.3 is 33.6 Å². The molecule has 0 amide bonds. The molecule has 0 aromatic rings. The quantitative estimate of drug-likeness (QED) is 0.0146. The van der Waals surface area contributed by atoms with Crippen molar-refractivity contribution in [2.45, 2.75) is 437 Å². The molecule has 115 heavy (non-hydrogen) atoms. The van der Waals surface area contributed by atoms with Gasteiger partial charge in [-0.05, 0) is 116 Å². The molecule has 0 radical (unpaired) electrons. The fraction of sp³-hybridized carbons (Fsp3) is 0.763. The minimum absolute atomic E-state index is 0.108. The number of carbonyl (C=O) groups excluding carboxylic acids is 3. The van der Waals surface area contributed by atoms with E-state index in [0.29, 0.717) is 19.3 Å². The normalized spacial score (nSPS) is 14.3. The van der Waals surface area contributed by atoms with Crippen LogP contribution in [0, 0.1) is 0 Å². The van der Waals surface area contributed by atoms with Crippen molar-refractivity contribution < 1.29 is 75.8 Å². The number of rotatable bonds is 89. The third-order valence-corrected chi connectivity index (χ3v) is 22.1. The Kier molecular flexibility index (Phi) is 86.1. The van der Waals surface area contributed by atoms with Gasteiger partial charge in [-0.1, -0.05) is 406 Å². The molecule has 0 heterocycles. The van der Waals surface area contributed by atoms with E-state index in [1.165, 1.54) is 231 Å². The molecule has 0 bridgehead atoms. The molecule has 16 nitrogen and oxygen atoms in total. The van der Waals surface area contributed by atoms with Gasteiger partial charge in [0.25, 0.3) is 0 Å². The average molecular weight is 1660 g/mol. The van der Waals surface area contributed by atoms with Crippen molar-refractivity contribution >= 4 is 33.6 Å². The molecule has 5 atom stereocenters. The maximum Gasteiger partial charge on any atom is 0.472 e. The number of esters is 3. The summed E-state index contributed by atoms with van der Waals surface area (Å²) in [5.41, 5.74) is 0. The van der Waals surface area contributed by atoms with Crippen molar-refractivity contribution in [3.63, 3.8) is 0 Å². The van der Waals surface area contributed by atoms with E-state index >= 15 is 0 Å². The molecule has 666 valence electrons. The highest BCUT2D eigenvalue weighted by Gasteiger charge is 2.30. The Labute approximate surface area is 703 Å². The van der Waals surface area contributed by atoms with Crippen molar-refractivity contribution in [1.29, 1.82) is 0 Å². The molecule has 4 N–H and O–H groups in total. The maximum absolute atomic E-state index is 13.0. The molecule has 0 aliphatic carbocycles. The molecule has 0 spiro atoms. The first-order chi connectivity index (χ1) is 56.2. The number of aliphatic hydroxyl groups is 2. The molecule has 0 rings (SSSR count). The van der Waals surface area contributed by atoms with E-state index in [2.05, 4.69) is 142 Å². The SMILES string of the molecule is CC/C=C\C/C=C\C/C=C\C/C=C\C/C=C\C/C=C\CCCCCCCCCCCCCCCCC(=O)OCC(COP(=O)(O)OCC(O)COP(=O)(O)OCC(O)COC(=O)CCCCCCCCCCCCCCCCCCCCC/C=C\C/C=C\C/C=C\C/C=C\CCCCC)OC(=O)CCCCCCCCCCCCC. The summed E-state index contributed by atoms with van der Waals surface area (Å²) in [7, 11) is -9.78. The summed E-state index contributed by atoms with van der Waals surface area (Å²) >= 11 is 0. The van der Waals surface area contributed by atoms with Gasteiger partial charge in [0.05, 0.1) is 26.4 Å². The van der Waals surface area contributed by atoms with E-state index in [9.17, 15) is 43.5 Å². The van der Waals surface area contributed by atoms with Gasteiger partial charge in [0.2, 0.25) is 0 Å². The lowest BCUT2D eigenvalue weighted by molar-refractivity contribution is -0.161. The monoisotopic (exact) mass is 1660 g/mol. The topological polar surface area (TPSA) is 231 Å². The van der Waals surface area contributed by atoms with Gasteiger partial charge in [-0.2, -0.15) is 0 Å². The van der Waals surface area contributed by atoms with Crippen LogP contribution in [0.5, 0.6) is 0 Å². The third-order valence-electron chi connectivity index (χ3n) is 20.2. The Morgan fingerprint density at radius 2 is 0.461 bits per heavy atom. The van der Waals surface area contributed by atoms with Crippen LogP contribution in [0.1, 0.15) is 419 Å². The summed E-state index contributed by atoms with van der Waals surface area (Å²) in [5.74, 6) is -1.55. The number of phosphoric ester groups is 2. The van der Waals surface area contributed by atoms with E-state index in [4.69, 9.17) is 32.3 Å². The number of hydrogen-bond acceptors (Lipinski definition) is 14. The van der Waals surface area contributed by atoms with Gasteiger partial charge < -0.3 is 34.2 Å². The van der Waals surface area contributed by atoms with Crippen LogP contribution in [0.3, 0.4) is 0 Å². The summed E-state index contributed by atoms with van der Waals surface area (Å²) in [6.45, 7) is 2.60. The van der Waals surface area contributed by atoms with Crippen molar-refractivity contribution in [2.24, 2.45) is 0 Å². The van der Waals surface area contributed by atoms with Gasteiger partial charge in [-0.15, -0.1) is 0 Å². The van der Waals surface area contributed by atoms with E-state index in [-0.39, 0.29) is 19.3 Å². The average Bonchev–Trinajstić information content (AvgIpc) is 0.899. The first-order valence-electron chi connectivity index (χ1n) is 46.8. The Morgan fingerprint density at radius 1 is 0.252 bits per heavy atom. The first-order valence-corrected chi connectivity index (χ1v) is 49.8. The van der Waals surface area contributed by atoms with Crippen molar-refractivity contribution in [3.8, 4) is 0 Å². The van der Waals surface area contributed by atoms with Crippen LogP contribution in [-0.4, -0.2) is 95.9 Å². The molecule has 0 aliphatic rings. The Balaban J connectivity index is 4.30. The fourth-order valence-electron chi connectivity index (χ4n) is 13.1.